The van der Waals surface area contributed by atoms with Gasteiger partial charge in [-0.3, -0.25) is 0 Å². The number of hydrogen-bond acceptors (Lipinski definition) is 6. The van der Waals surface area contributed by atoms with Crippen LogP contribution < -0.4 is 0 Å². The Balaban J connectivity index is 3.77. The molecule has 0 N–H and O–H groups in total. The third-order valence-electron chi connectivity index (χ3n) is 5.73. The Kier molecular flexibility index (Phi) is 16.6. The summed E-state index contributed by atoms with van der Waals surface area (Å²) < 4.78 is 12.8. The molecule has 0 radical (unpaired) electrons. The quantitative estimate of drug-likeness (QED) is 0.119. The van der Waals surface area contributed by atoms with Gasteiger partial charge in [-0.05, 0) is 54.9 Å². The standard InChI is InChI=1S/C18H42O2S4Si2/c1-9-25(10-2,17(5)6)19-13-15-21-23-24-22-16-14-20-26(11-3,12-4)18(7)8/h17-18H,9-16H2,1-8H3. The molecule has 0 aliphatic heterocycles. The van der Waals surface area contributed by atoms with E-state index in [-0.39, 0.29) is 0 Å². The van der Waals surface area contributed by atoms with Crippen LogP contribution >= 0.6 is 41.2 Å². The molecule has 0 unspecified atom stereocenters. The fraction of sp³-hybridized carbons (Fsp3) is 1.00. The minimum atomic E-state index is -1.49. The SMILES string of the molecule is CC[Si](CC)(OCCSSSSCCO[Si](CC)(CC)C(C)C)C(C)C. The van der Waals surface area contributed by atoms with Gasteiger partial charge in [-0.25, -0.2) is 0 Å². The zero-order valence-electron chi connectivity index (χ0n) is 18.3. The largest absolute Gasteiger partial charge is 0.416 e. The lowest BCUT2D eigenvalue weighted by molar-refractivity contribution is 0.316. The van der Waals surface area contributed by atoms with Crippen molar-refractivity contribution in [3.63, 3.8) is 0 Å². The Labute approximate surface area is 181 Å². The van der Waals surface area contributed by atoms with Crippen LogP contribution in [0.5, 0.6) is 0 Å². The molecule has 0 saturated heterocycles. The molecule has 0 atom stereocenters. The highest BCUT2D eigenvalue weighted by molar-refractivity contribution is 9.26. The molecule has 158 valence electrons. The molecule has 2 nitrogen and oxygen atoms in total. The van der Waals surface area contributed by atoms with Crippen LogP contribution in [-0.4, -0.2) is 41.4 Å². The third kappa shape index (κ3) is 9.50. The number of hydrogen-bond donors (Lipinski definition) is 0. The van der Waals surface area contributed by atoms with Crippen molar-refractivity contribution >= 4 is 57.9 Å². The van der Waals surface area contributed by atoms with Gasteiger partial charge in [0.05, 0.1) is 0 Å². The van der Waals surface area contributed by atoms with Gasteiger partial charge < -0.3 is 8.85 Å². The van der Waals surface area contributed by atoms with Gasteiger partial charge in [0.2, 0.25) is 0 Å². The van der Waals surface area contributed by atoms with E-state index >= 15 is 0 Å². The van der Waals surface area contributed by atoms with E-state index < -0.39 is 16.6 Å². The minimum absolute atomic E-state index is 0.716. The summed E-state index contributed by atoms with van der Waals surface area (Å²) in [5.41, 5.74) is 1.43. The van der Waals surface area contributed by atoms with Crippen molar-refractivity contribution < 1.29 is 8.85 Å². The Hall–Kier alpha value is 1.75. The summed E-state index contributed by atoms with van der Waals surface area (Å²) >= 11 is 0. The maximum atomic E-state index is 6.39. The predicted molar refractivity (Wildman–Crippen MR) is 136 cm³/mol. The van der Waals surface area contributed by atoms with Crippen LogP contribution in [0.2, 0.25) is 35.3 Å². The molecular weight excluding hydrogens is 433 g/mol. The van der Waals surface area contributed by atoms with Crippen molar-refractivity contribution in [1.82, 2.24) is 0 Å². The summed E-state index contributed by atoms with van der Waals surface area (Å²) in [7, 11) is 4.66. The fourth-order valence-electron chi connectivity index (χ4n) is 3.54. The molecular formula is C18H42O2S4Si2. The van der Waals surface area contributed by atoms with Gasteiger partial charge in [-0.1, -0.05) is 77.0 Å². The fourth-order valence-corrected chi connectivity index (χ4v) is 16.2. The molecule has 26 heavy (non-hydrogen) atoms. The van der Waals surface area contributed by atoms with E-state index in [1.54, 1.807) is 0 Å². The van der Waals surface area contributed by atoms with Crippen LogP contribution in [0.25, 0.3) is 0 Å². The van der Waals surface area contributed by atoms with Crippen molar-refractivity contribution in [2.45, 2.75) is 90.6 Å². The Morgan fingerprint density at radius 2 is 0.923 bits per heavy atom. The molecule has 0 aromatic rings. The van der Waals surface area contributed by atoms with E-state index in [4.69, 9.17) is 8.85 Å². The highest BCUT2D eigenvalue weighted by Gasteiger charge is 2.35. The molecule has 0 heterocycles. The second-order valence-corrected chi connectivity index (χ2v) is 23.5. The molecule has 0 fully saturated rings. The molecule has 0 amide bonds. The van der Waals surface area contributed by atoms with Crippen LogP contribution in [0.3, 0.4) is 0 Å². The van der Waals surface area contributed by atoms with Gasteiger partial charge in [0, 0.05) is 24.7 Å². The van der Waals surface area contributed by atoms with E-state index in [2.05, 4.69) is 55.4 Å². The first-order valence-electron chi connectivity index (χ1n) is 10.2. The average Bonchev–Trinajstić information content (AvgIpc) is 2.63. The van der Waals surface area contributed by atoms with E-state index in [1.807, 2.05) is 41.2 Å². The van der Waals surface area contributed by atoms with E-state index in [0.29, 0.717) is 11.1 Å². The molecule has 0 rings (SSSR count). The first-order valence-corrected chi connectivity index (χ1v) is 20.1. The molecule has 0 aromatic carbocycles. The minimum Gasteiger partial charge on any atom is -0.416 e. The van der Waals surface area contributed by atoms with Gasteiger partial charge in [-0.15, -0.1) is 0 Å². The van der Waals surface area contributed by atoms with E-state index in [9.17, 15) is 0 Å². The van der Waals surface area contributed by atoms with Crippen molar-refractivity contribution in [2.24, 2.45) is 0 Å². The molecule has 0 bridgehead atoms. The maximum absolute atomic E-state index is 6.39. The lowest BCUT2D eigenvalue weighted by atomic mass is 10.6. The summed E-state index contributed by atoms with van der Waals surface area (Å²) in [5, 5.41) is 0. The number of rotatable bonds is 17. The molecule has 0 spiro atoms. The molecule has 0 aliphatic rings. The first-order chi connectivity index (χ1) is 12.3. The second kappa shape index (κ2) is 15.6. The smallest absolute Gasteiger partial charge is 0.194 e. The summed E-state index contributed by atoms with van der Waals surface area (Å²) in [5.74, 6) is 2.18. The zero-order valence-corrected chi connectivity index (χ0v) is 23.5. The lowest BCUT2D eigenvalue weighted by Gasteiger charge is -2.33. The molecule has 8 heteroatoms. The monoisotopic (exact) mass is 474 g/mol. The van der Waals surface area contributed by atoms with Crippen molar-refractivity contribution in [3.05, 3.63) is 0 Å². The van der Waals surface area contributed by atoms with E-state index in [0.717, 1.165) is 24.7 Å². The zero-order chi connectivity index (χ0) is 20.1. The molecule has 0 aliphatic carbocycles. The average molecular weight is 475 g/mol. The van der Waals surface area contributed by atoms with Gasteiger partial charge in [-0.2, -0.15) is 0 Å². The summed E-state index contributed by atoms with van der Waals surface area (Å²) in [6, 6.07) is 4.95. The third-order valence-corrected chi connectivity index (χ3v) is 22.7. The van der Waals surface area contributed by atoms with Crippen molar-refractivity contribution in [2.75, 3.05) is 24.7 Å². The molecule has 0 aromatic heterocycles. The van der Waals surface area contributed by atoms with Gasteiger partial charge >= 0.3 is 0 Å². The van der Waals surface area contributed by atoms with Crippen LogP contribution in [0.4, 0.5) is 0 Å². The summed E-state index contributed by atoms with van der Waals surface area (Å²) in [6.07, 6.45) is 0. The van der Waals surface area contributed by atoms with Crippen LogP contribution in [0.15, 0.2) is 0 Å². The molecule has 0 saturated carbocycles. The lowest BCUT2D eigenvalue weighted by Crippen LogP contribution is -2.40. The summed E-state index contributed by atoms with van der Waals surface area (Å²) in [4.78, 5) is 0. The highest BCUT2D eigenvalue weighted by atomic mass is 33.7. The predicted octanol–water partition coefficient (Wildman–Crippen LogP) is 8.49. The van der Waals surface area contributed by atoms with Gasteiger partial charge in [0.25, 0.3) is 0 Å². The topological polar surface area (TPSA) is 18.5 Å². The van der Waals surface area contributed by atoms with Gasteiger partial charge in [0.15, 0.2) is 16.6 Å². The van der Waals surface area contributed by atoms with E-state index in [1.165, 1.54) is 24.2 Å². The van der Waals surface area contributed by atoms with Crippen molar-refractivity contribution in [3.8, 4) is 0 Å². The normalized spacial score (nSPS) is 13.2. The van der Waals surface area contributed by atoms with Gasteiger partial charge in [0.1, 0.15) is 0 Å². The second-order valence-electron chi connectivity index (χ2n) is 7.33. The Morgan fingerprint density at radius 3 is 1.15 bits per heavy atom. The van der Waals surface area contributed by atoms with Crippen molar-refractivity contribution in [1.29, 1.82) is 0 Å². The van der Waals surface area contributed by atoms with Crippen LogP contribution in [-0.2, 0) is 8.85 Å². The maximum Gasteiger partial charge on any atom is 0.194 e. The first kappa shape index (κ1) is 27.8. The van der Waals surface area contributed by atoms with Crippen LogP contribution in [0, 0.1) is 0 Å². The Morgan fingerprint density at radius 1 is 0.615 bits per heavy atom. The van der Waals surface area contributed by atoms with Crippen LogP contribution in [0.1, 0.15) is 55.4 Å². The summed E-state index contributed by atoms with van der Waals surface area (Å²) in [6.45, 7) is 20.4. The Bertz CT molecular complexity index is 307. The highest BCUT2D eigenvalue weighted by Crippen LogP contribution is 2.43.